The van der Waals surface area contributed by atoms with Gasteiger partial charge in [-0.05, 0) is 37.1 Å². The van der Waals surface area contributed by atoms with Crippen LogP contribution in [0.3, 0.4) is 0 Å². The molecular formula is C21H28FN3O4. The van der Waals surface area contributed by atoms with E-state index in [1.165, 1.54) is 12.1 Å². The summed E-state index contributed by atoms with van der Waals surface area (Å²) in [6, 6.07) is 5.75. The van der Waals surface area contributed by atoms with Crippen LogP contribution < -0.4 is 10.5 Å². The molecule has 2 fully saturated rings. The van der Waals surface area contributed by atoms with Crippen LogP contribution in [-0.2, 0) is 14.4 Å². The van der Waals surface area contributed by atoms with Crippen molar-refractivity contribution in [1.29, 1.82) is 0 Å². The number of primary amides is 1. The van der Waals surface area contributed by atoms with Crippen LogP contribution in [-0.4, -0.2) is 59.8 Å². The molecule has 2 aliphatic rings. The van der Waals surface area contributed by atoms with Crippen molar-refractivity contribution >= 4 is 17.7 Å². The third-order valence-electron chi connectivity index (χ3n) is 5.83. The Bertz CT molecular complexity index is 747. The second-order valence-electron chi connectivity index (χ2n) is 7.89. The molecule has 2 N–H and O–H groups in total. The molecule has 3 rings (SSSR count). The molecule has 2 saturated heterocycles. The fraction of sp³-hybridized carbons (Fsp3) is 0.571. The normalized spacial score (nSPS) is 23.0. The summed E-state index contributed by atoms with van der Waals surface area (Å²) >= 11 is 0. The number of piperidine rings is 2. The summed E-state index contributed by atoms with van der Waals surface area (Å²) in [7, 11) is 0. The summed E-state index contributed by atoms with van der Waals surface area (Å²) in [5.41, 5.74) is 5.42. The Morgan fingerprint density at radius 2 is 1.69 bits per heavy atom. The SMILES string of the molecule is CC(=O)N1CCC(C(=O)N2CC[C@H](Oc3ccc(F)cc3)[C@@H](CC(N)=O)C2)CC1. The van der Waals surface area contributed by atoms with E-state index in [0.717, 1.165) is 0 Å². The second-order valence-corrected chi connectivity index (χ2v) is 7.89. The maximum atomic E-state index is 13.1. The second kappa shape index (κ2) is 9.24. The average Bonchev–Trinajstić information content (AvgIpc) is 2.70. The largest absolute Gasteiger partial charge is 0.490 e. The number of rotatable bonds is 5. The van der Waals surface area contributed by atoms with Crippen molar-refractivity contribution in [3.05, 3.63) is 30.1 Å². The molecule has 3 amide bonds. The summed E-state index contributed by atoms with van der Waals surface area (Å²) in [6.07, 6.45) is 1.75. The smallest absolute Gasteiger partial charge is 0.225 e. The Labute approximate surface area is 170 Å². The van der Waals surface area contributed by atoms with Gasteiger partial charge < -0.3 is 20.3 Å². The number of benzene rings is 1. The van der Waals surface area contributed by atoms with E-state index in [1.807, 2.05) is 0 Å². The molecule has 1 aromatic carbocycles. The molecule has 7 nitrogen and oxygen atoms in total. The predicted octanol–water partition coefficient (Wildman–Crippen LogP) is 1.56. The van der Waals surface area contributed by atoms with Gasteiger partial charge in [-0.2, -0.15) is 0 Å². The lowest BCUT2D eigenvalue weighted by Gasteiger charge is -2.40. The van der Waals surface area contributed by atoms with E-state index in [0.29, 0.717) is 51.2 Å². The molecule has 29 heavy (non-hydrogen) atoms. The highest BCUT2D eigenvalue weighted by Gasteiger charge is 2.37. The summed E-state index contributed by atoms with van der Waals surface area (Å²) in [5.74, 6) is -0.461. The zero-order chi connectivity index (χ0) is 21.0. The highest BCUT2D eigenvalue weighted by molar-refractivity contribution is 5.80. The van der Waals surface area contributed by atoms with Crippen LogP contribution in [0.2, 0.25) is 0 Å². The summed E-state index contributed by atoms with van der Waals surface area (Å²) < 4.78 is 19.1. The van der Waals surface area contributed by atoms with Crippen molar-refractivity contribution in [1.82, 2.24) is 9.80 Å². The molecule has 0 unspecified atom stereocenters. The van der Waals surface area contributed by atoms with Gasteiger partial charge in [-0.3, -0.25) is 14.4 Å². The molecule has 0 saturated carbocycles. The zero-order valence-electron chi connectivity index (χ0n) is 16.7. The maximum Gasteiger partial charge on any atom is 0.225 e. The Morgan fingerprint density at radius 3 is 2.28 bits per heavy atom. The van der Waals surface area contributed by atoms with Gasteiger partial charge in [0.05, 0.1) is 0 Å². The summed E-state index contributed by atoms with van der Waals surface area (Å²) in [6.45, 7) is 3.68. The number of halogens is 1. The quantitative estimate of drug-likeness (QED) is 0.805. The first-order chi connectivity index (χ1) is 13.8. The third-order valence-corrected chi connectivity index (χ3v) is 5.83. The van der Waals surface area contributed by atoms with Gasteiger partial charge in [-0.15, -0.1) is 0 Å². The lowest BCUT2D eigenvalue weighted by atomic mass is 9.88. The maximum absolute atomic E-state index is 13.1. The lowest BCUT2D eigenvalue weighted by Crippen LogP contribution is -2.51. The van der Waals surface area contributed by atoms with E-state index in [-0.39, 0.29) is 42.0 Å². The fourth-order valence-corrected chi connectivity index (χ4v) is 4.21. The average molecular weight is 405 g/mol. The Morgan fingerprint density at radius 1 is 1.07 bits per heavy atom. The number of likely N-dealkylation sites (tertiary alicyclic amines) is 2. The standard InChI is InChI=1S/C21H28FN3O4/c1-14(26)24-9-6-15(7-10-24)21(28)25-11-8-19(16(13-25)12-20(23)27)29-18-4-2-17(22)3-5-18/h2-5,15-16,19H,6-13H2,1H3,(H2,23,27)/t16-,19-/m0/s1. The monoisotopic (exact) mass is 405 g/mol. The van der Waals surface area contributed by atoms with Crippen LogP contribution in [0.15, 0.2) is 24.3 Å². The van der Waals surface area contributed by atoms with Gasteiger partial charge in [0.1, 0.15) is 17.7 Å². The number of hydrogen-bond acceptors (Lipinski definition) is 4. The molecule has 158 valence electrons. The van der Waals surface area contributed by atoms with Gasteiger partial charge in [0.25, 0.3) is 0 Å². The van der Waals surface area contributed by atoms with E-state index in [4.69, 9.17) is 10.5 Å². The first-order valence-electron chi connectivity index (χ1n) is 10.1. The Hall–Kier alpha value is -2.64. The van der Waals surface area contributed by atoms with Gasteiger partial charge in [0, 0.05) is 57.8 Å². The van der Waals surface area contributed by atoms with Crippen molar-refractivity contribution < 1.29 is 23.5 Å². The fourth-order valence-electron chi connectivity index (χ4n) is 4.21. The van der Waals surface area contributed by atoms with Crippen molar-refractivity contribution in [2.24, 2.45) is 17.6 Å². The van der Waals surface area contributed by atoms with Crippen LogP contribution in [0, 0.1) is 17.7 Å². The number of carbonyl (C=O) groups excluding carboxylic acids is 3. The minimum atomic E-state index is -0.438. The van der Waals surface area contributed by atoms with E-state index in [9.17, 15) is 18.8 Å². The Balaban J connectivity index is 1.61. The molecule has 1 aromatic rings. The molecule has 0 radical (unpaired) electrons. The van der Waals surface area contributed by atoms with Crippen LogP contribution in [0.4, 0.5) is 4.39 Å². The van der Waals surface area contributed by atoms with Crippen molar-refractivity contribution in [2.45, 2.75) is 38.7 Å². The number of hydrogen-bond donors (Lipinski definition) is 1. The molecule has 8 heteroatoms. The topological polar surface area (TPSA) is 92.9 Å². The predicted molar refractivity (Wildman–Crippen MR) is 104 cm³/mol. The summed E-state index contributed by atoms with van der Waals surface area (Å²) in [4.78, 5) is 39.6. The zero-order valence-corrected chi connectivity index (χ0v) is 16.7. The number of nitrogens with two attached hydrogens (primary N) is 1. The van der Waals surface area contributed by atoms with Crippen LogP contribution in [0.5, 0.6) is 5.75 Å². The van der Waals surface area contributed by atoms with Crippen LogP contribution in [0.25, 0.3) is 0 Å². The van der Waals surface area contributed by atoms with E-state index in [1.54, 1.807) is 28.9 Å². The molecule has 0 bridgehead atoms. The number of nitrogens with zero attached hydrogens (tertiary/aromatic N) is 2. The van der Waals surface area contributed by atoms with Gasteiger partial charge in [-0.1, -0.05) is 0 Å². The molecular weight excluding hydrogens is 377 g/mol. The molecule has 2 atom stereocenters. The van der Waals surface area contributed by atoms with Crippen LogP contribution in [0.1, 0.15) is 32.6 Å². The third kappa shape index (κ3) is 5.46. The summed E-state index contributed by atoms with van der Waals surface area (Å²) in [5, 5.41) is 0. The number of ether oxygens (including phenoxy) is 1. The minimum absolute atomic E-state index is 0.0381. The number of amides is 3. The van der Waals surface area contributed by atoms with E-state index in [2.05, 4.69) is 0 Å². The first-order valence-corrected chi connectivity index (χ1v) is 10.1. The molecule has 0 spiro atoms. The number of carbonyl (C=O) groups is 3. The van der Waals surface area contributed by atoms with Gasteiger partial charge in [-0.25, -0.2) is 4.39 Å². The Kier molecular flexibility index (Phi) is 6.71. The highest BCUT2D eigenvalue weighted by atomic mass is 19.1. The lowest BCUT2D eigenvalue weighted by molar-refractivity contribution is -0.143. The highest BCUT2D eigenvalue weighted by Crippen LogP contribution is 2.28. The van der Waals surface area contributed by atoms with E-state index >= 15 is 0 Å². The molecule has 2 aliphatic heterocycles. The van der Waals surface area contributed by atoms with Gasteiger partial charge in [0.15, 0.2) is 0 Å². The van der Waals surface area contributed by atoms with Crippen molar-refractivity contribution in [3.8, 4) is 5.75 Å². The van der Waals surface area contributed by atoms with Crippen LogP contribution >= 0.6 is 0 Å². The molecule has 0 aromatic heterocycles. The van der Waals surface area contributed by atoms with Gasteiger partial charge >= 0.3 is 0 Å². The minimum Gasteiger partial charge on any atom is -0.490 e. The molecule has 0 aliphatic carbocycles. The van der Waals surface area contributed by atoms with Gasteiger partial charge in [0.2, 0.25) is 17.7 Å². The van der Waals surface area contributed by atoms with Crippen molar-refractivity contribution in [3.63, 3.8) is 0 Å². The first kappa shape index (κ1) is 21.1. The molecule has 2 heterocycles. The van der Waals surface area contributed by atoms with E-state index < -0.39 is 5.91 Å². The van der Waals surface area contributed by atoms with Crippen molar-refractivity contribution in [2.75, 3.05) is 26.2 Å².